The fourth-order valence-electron chi connectivity index (χ4n) is 1.91. The number of hydrogen-bond acceptors (Lipinski definition) is 4. The van der Waals surface area contributed by atoms with E-state index in [9.17, 15) is 0 Å². The first-order valence-corrected chi connectivity index (χ1v) is 5.61. The molecule has 6 nitrogen and oxygen atoms in total. The van der Waals surface area contributed by atoms with Gasteiger partial charge in [-0.05, 0) is 18.4 Å². The summed E-state index contributed by atoms with van der Waals surface area (Å²) in [6.45, 7) is 0. The monoisotopic (exact) mass is 234 g/mol. The fourth-order valence-corrected chi connectivity index (χ4v) is 1.91. The van der Waals surface area contributed by atoms with Crippen LogP contribution >= 0.6 is 0 Å². The number of aromatic nitrogens is 4. The largest absolute Gasteiger partial charge is 0.337 e. The number of nitrogens with zero attached hydrogens (tertiary/aromatic N) is 4. The Kier molecular flexibility index (Phi) is 3.55. The molecule has 2 aromatic rings. The molecule has 0 radical (unpaired) electrons. The second-order valence-electron chi connectivity index (χ2n) is 4.18. The topological polar surface area (TPSA) is 73.7 Å². The minimum absolute atomic E-state index is 0.0650. The van der Waals surface area contributed by atoms with E-state index in [1.54, 1.807) is 10.9 Å². The van der Waals surface area contributed by atoms with Gasteiger partial charge in [0.05, 0.1) is 12.2 Å². The molecule has 0 aliphatic carbocycles. The Balaban J connectivity index is 1.99. The fraction of sp³-hybridized carbons (Fsp3) is 0.455. The van der Waals surface area contributed by atoms with E-state index in [2.05, 4.69) is 15.5 Å². The molecule has 2 rings (SSSR count). The third kappa shape index (κ3) is 2.72. The zero-order chi connectivity index (χ0) is 12.3. The number of nitrogens with two attached hydrogens (primary N) is 1. The second-order valence-corrected chi connectivity index (χ2v) is 4.18. The van der Waals surface area contributed by atoms with Crippen LogP contribution < -0.4 is 11.3 Å². The van der Waals surface area contributed by atoms with Crippen LogP contribution in [0.3, 0.4) is 0 Å². The van der Waals surface area contributed by atoms with Crippen molar-refractivity contribution in [2.24, 2.45) is 19.9 Å². The summed E-state index contributed by atoms with van der Waals surface area (Å²) >= 11 is 0. The molecule has 0 aromatic carbocycles. The Bertz CT molecular complexity index is 472. The number of aryl methyl sites for hydroxylation is 3. The summed E-state index contributed by atoms with van der Waals surface area (Å²) in [5.74, 6) is 6.53. The van der Waals surface area contributed by atoms with Gasteiger partial charge in [0.2, 0.25) is 0 Å². The van der Waals surface area contributed by atoms with E-state index in [0.29, 0.717) is 0 Å². The van der Waals surface area contributed by atoms with Gasteiger partial charge in [0.1, 0.15) is 5.82 Å². The molecule has 92 valence electrons. The average molecular weight is 234 g/mol. The molecule has 0 saturated heterocycles. The van der Waals surface area contributed by atoms with Crippen molar-refractivity contribution < 1.29 is 0 Å². The van der Waals surface area contributed by atoms with Gasteiger partial charge in [0, 0.05) is 32.7 Å². The molecule has 1 atom stereocenters. The van der Waals surface area contributed by atoms with Crippen LogP contribution in [0.25, 0.3) is 0 Å². The Hall–Kier alpha value is -1.66. The molecule has 0 aliphatic heterocycles. The van der Waals surface area contributed by atoms with Gasteiger partial charge in [-0.25, -0.2) is 10.4 Å². The van der Waals surface area contributed by atoms with Crippen molar-refractivity contribution in [2.75, 3.05) is 0 Å². The number of rotatable bonds is 5. The van der Waals surface area contributed by atoms with Gasteiger partial charge in [-0.15, -0.1) is 0 Å². The van der Waals surface area contributed by atoms with Gasteiger partial charge in [-0.2, -0.15) is 5.10 Å². The van der Waals surface area contributed by atoms with Gasteiger partial charge < -0.3 is 4.57 Å². The maximum atomic E-state index is 5.58. The minimum Gasteiger partial charge on any atom is -0.337 e. The van der Waals surface area contributed by atoms with E-state index < -0.39 is 0 Å². The van der Waals surface area contributed by atoms with Crippen LogP contribution in [0.4, 0.5) is 0 Å². The van der Waals surface area contributed by atoms with Crippen molar-refractivity contribution in [1.82, 2.24) is 24.8 Å². The first-order chi connectivity index (χ1) is 8.20. The van der Waals surface area contributed by atoms with Gasteiger partial charge >= 0.3 is 0 Å². The molecule has 0 saturated carbocycles. The first-order valence-electron chi connectivity index (χ1n) is 5.61. The third-order valence-electron chi connectivity index (χ3n) is 2.85. The molecular formula is C11H18N6. The summed E-state index contributed by atoms with van der Waals surface area (Å²) in [6.07, 6.45) is 9.42. The summed E-state index contributed by atoms with van der Waals surface area (Å²) < 4.78 is 3.79. The van der Waals surface area contributed by atoms with Crippen LogP contribution in [-0.2, 0) is 20.5 Å². The molecule has 0 aliphatic rings. The molecule has 6 heteroatoms. The maximum absolute atomic E-state index is 5.58. The Morgan fingerprint density at radius 1 is 1.47 bits per heavy atom. The third-order valence-corrected chi connectivity index (χ3v) is 2.85. The molecule has 0 amide bonds. The second kappa shape index (κ2) is 5.11. The highest BCUT2D eigenvalue weighted by atomic mass is 15.3. The lowest BCUT2D eigenvalue weighted by Gasteiger charge is -2.14. The highest BCUT2D eigenvalue weighted by Gasteiger charge is 2.14. The van der Waals surface area contributed by atoms with E-state index in [4.69, 9.17) is 5.84 Å². The van der Waals surface area contributed by atoms with Crippen molar-refractivity contribution in [3.8, 4) is 0 Å². The molecule has 2 aromatic heterocycles. The van der Waals surface area contributed by atoms with Crippen molar-refractivity contribution in [1.29, 1.82) is 0 Å². The van der Waals surface area contributed by atoms with E-state index in [0.717, 1.165) is 18.7 Å². The highest BCUT2D eigenvalue weighted by Crippen LogP contribution is 2.16. The highest BCUT2D eigenvalue weighted by molar-refractivity contribution is 5.06. The van der Waals surface area contributed by atoms with Crippen molar-refractivity contribution in [2.45, 2.75) is 18.9 Å². The lowest BCUT2D eigenvalue weighted by atomic mass is 10.1. The van der Waals surface area contributed by atoms with E-state index >= 15 is 0 Å². The zero-order valence-corrected chi connectivity index (χ0v) is 10.2. The van der Waals surface area contributed by atoms with Crippen LogP contribution in [0.1, 0.15) is 23.9 Å². The normalized spacial score (nSPS) is 12.9. The Morgan fingerprint density at radius 3 is 2.82 bits per heavy atom. The number of imidazole rings is 1. The average Bonchev–Trinajstić information content (AvgIpc) is 2.90. The van der Waals surface area contributed by atoms with Crippen molar-refractivity contribution in [3.63, 3.8) is 0 Å². The number of hydrogen-bond donors (Lipinski definition) is 2. The maximum Gasteiger partial charge on any atom is 0.126 e. The molecule has 3 N–H and O–H groups in total. The van der Waals surface area contributed by atoms with Crippen LogP contribution in [0.15, 0.2) is 24.8 Å². The molecule has 0 bridgehead atoms. The molecular weight excluding hydrogens is 216 g/mol. The summed E-state index contributed by atoms with van der Waals surface area (Å²) in [6, 6.07) is 0.0650. The van der Waals surface area contributed by atoms with Crippen LogP contribution in [-0.4, -0.2) is 19.3 Å². The summed E-state index contributed by atoms with van der Waals surface area (Å²) in [4.78, 5) is 4.30. The molecule has 2 heterocycles. The number of hydrazine groups is 1. The molecule has 0 fully saturated rings. The molecule has 17 heavy (non-hydrogen) atoms. The van der Waals surface area contributed by atoms with E-state index in [1.165, 1.54) is 5.56 Å². The Labute approximate surface area is 100 Å². The van der Waals surface area contributed by atoms with Gasteiger partial charge in [-0.3, -0.25) is 10.5 Å². The summed E-state index contributed by atoms with van der Waals surface area (Å²) in [5, 5.41) is 4.14. The van der Waals surface area contributed by atoms with Crippen molar-refractivity contribution >= 4 is 0 Å². The van der Waals surface area contributed by atoms with E-state index in [-0.39, 0.29) is 6.04 Å². The lowest BCUT2D eigenvalue weighted by molar-refractivity contribution is 0.478. The molecule has 0 spiro atoms. The zero-order valence-electron chi connectivity index (χ0n) is 10.2. The standard InChI is InChI=1S/C11H18N6/c1-16-6-5-13-11(16)10(15-12)4-3-9-7-14-17(2)8-9/h5-8,10,15H,3-4,12H2,1-2H3. The van der Waals surface area contributed by atoms with Gasteiger partial charge in [0.15, 0.2) is 0 Å². The molecule has 1 unspecified atom stereocenters. The predicted octanol–water partition coefficient (Wildman–Crippen LogP) is 0.291. The van der Waals surface area contributed by atoms with Gasteiger partial charge in [-0.1, -0.05) is 0 Å². The first kappa shape index (κ1) is 11.8. The van der Waals surface area contributed by atoms with Crippen LogP contribution in [0.5, 0.6) is 0 Å². The predicted molar refractivity (Wildman–Crippen MR) is 64.8 cm³/mol. The summed E-state index contributed by atoms with van der Waals surface area (Å²) in [5.41, 5.74) is 4.02. The SMILES string of the molecule is Cn1cc(CCC(NN)c2nccn2C)cn1. The Morgan fingerprint density at radius 2 is 2.29 bits per heavy atom. The lowest BCUT2D eigenvalue weighted by Crippen LogP contribution is -2.30. The number of nitrogens with one attached hydrogen (secondary N) is 1. The smallest absolute Gasteiger partial charge is 0.126 e. The minimum atomic E-state index is 0.0650. The van der Waals surface area contributed by atoms with Crippen LogP contribution in [0, 0.1) is 0 Å². The van der Waals surface area contributed by atoms with Gasteiger partial charge in [0.25, 0.3) is 0 Å². The quantitative estimate of drug-likeness (QED) is 0.576. The van der Waals surface area contributed by atoms with Crippen molar-refractivity contribution in [3.05, 3.63) is 36.2 Å². The summed E-state index contributed by atoms with van der Waals surface area (Å²) in [7, 11) is 3.89. The van der Waals surface area contributed by atoms with E-state index in [1.807, 2.05) is 37.3 Å². The van der Waals surface area contributed by atoms with Crippen LogP contribution in [0.2, 0.25) is 0 Å².